The Balaban J connectivity index is 2.76. The first-order valence-corrected chi connectivity index (χ1v) is 26.7. The molecule has 2 unspecified atom stereocenters. The first kappa shape index (κ1) is 63.3. The summed E-state index contributed by atoms with van der Waals surface area (Å²) >= 11 is 0. The molecule has 1 amide bonds. The Hall–Kier alpha value is -3.72. The Labute approximate surface area is 408 Å². The molecule has 21 nitrogen and oxygen atoms in total. The molecule has 1 rings (SSSR count). The Morgan fingerprint density at radius 2 is 1.04 bits per heavy atom. The normalized spacial score (nSPS) is 15.5. The minimum atomic E-state index is -4.74. The molecule has 1 fully saturated rings. The summed E-state index contributed by atoms with van der Waals surface area (Å²) in [6.07, 6.45) is 18.8. The SMILES string of the molecule is CCCCCCCCCCCC(=O)OCC(COP(=O)(O)OCCNC(=O)CCCCC1(N(CC(=O)O)CC(=O)O)CN(CC(=O)O)CCN(CC(=O)O)C1)OC(=O)CCCCCCCCCCC. The Kier molecular flexibility index (Phi) is 34.9. The molecule has 1 heterocycles. The van der Waals surface area contributed by atoms with Gasteiger partial charge < -0.3 is 40.1 Å². The minimum Gasteiger partial charge on any atom is -0.480 e. The van der Waals surface area contributed by atoms with E-state index >= 15 is 0 Å². The molecule has 6 N–H and O–H groups in total. The van der Waals surface area contributed by atoms with Gasteiger partial charge in [-0.25, -0.2) is 4.57 Å². The van der Waals surface area contributed by atoms with Gasteiger partial charge in [0.15, 0.2) is 6.10 Å². The zero-order chi connectivity index (χ0) is 51.3. The largest absolute Gasteiger partial charge is 0.480 e. The number of carbonyl (C=O) groups is 7. The van der Waals surface area contributed by atoms with Gasteiger partial charge in [-0.05, 0) is 25.7 Å². The summed E-state index contributed by atoms with van der Waals surface area (Å²) in [7, 11) is -4.74. The van der Waals surface area contributed by atoms with Gasteiger partial charge >= 0.3 is 43.6 Å². The van der Waals surface area contributed by atoms with Crippen LogP contribution in [0.15, 0.2) is 0 Å². The summed E-state index contributed by atoms with van der Waals surface area (Å²) in [4.78, 5) is 99.9. The van der Waals surface area contributed by atoms with Crippen molar-refractivity contribution >= 4 is 49.5 Å². The van der Waals surface area contributed by atoms with E-state index in [9.17, 15) is 63.4 Å². The van der Waals surface area contributed by atoms with Crippen molar-refractivity contribution in [2.45, 2.75) is 180 Å². The van der Waals surface area contributed by atoms with Crippen LogP contribution in [-0.4, -0.2) is 172 Å². The molecular formula is C47H85N4O17P. The summed E-state index contributed by atoms with van der Waals surface area (Å²) in [6.45, 7) is 0.505. The lowest BCUT2D eigenvalue weighted by Gasteiger charge is -2.45. The molecule has 69 heavy (non-hydrogen) atoms. The summed E-state index contributed by atoms with van der Waals surface area (Å²) in [5.41, 5.74) is -1.32. The first-order valence-electron chi connectivity index (χ1n) is 25.2. The van der Waals surface area contributed by atoms with Crippen molar-refractivity contribution in [1.82, 2.24) is 20.0 Å². The summed E-state index contributed by atoms with van der Waals surface area (Å²) in [5.74, 6) is -6.53. The van der Waals surface area contributed by atoms with Crippen molar-refractivity contribution in [3.05, 3.63) is 0 Å². The van der Waals surface area contributed by atoms with Crippen molar-refractivity contribution in [2.24, 2.45) is 0 Å². The number of amides is 1. The number of phosphoric ester groups is 1. The topological polar surface area (TPSA) is 296 Å². The molecule has 400 valence electrons. The summed E-state index contributed by atoms with van der Waals surface area (Å²) in [6, 6.07) is 0. The third-order valence-electron chi connectivity index (χ3n) is 11.9. The average molecular weight is 1010 g/mol. The maximum absolute atomic E-state index is 12.8. The fraction of sp³-hybridized carbons (Fsp3) is 0.851. The van der Waals surface area contributed by atoms with Crippen molar-refractivity contribution in [2.75, 3.05) is 78.7 Å². The van der Waals surface area contributed by atoms with Gasteiger partial charge in [0, 0.05) is 57.5 Å². The van der Waals surface area contributed by atoms with Gasteiger partial charge in [-0.3, -0.25) is 57.3 Å². The highest BCUT2D eigenvalue weighted by Crippen LogP contribution is 2.43. The molecule has 0 aromatic rings. The van der Waals surface area contributed by atoms with Gasteiger partial charge in [0.2, 0.25) is 5.91 Å². The molecule has 0 saturated carbocycles. The van der Waals surface area contributed by atoms with E-state index < -0.39 is 101 Å². The number of carboxylic acids is 4. The zero-order valence-electron chi connectivity index (χ0n) is 41.5. The number of hydrogen-bond acceptors (Lipinski definition) is 15. The highest BCUT2D eigenvalue weighted by atomic mass is 31.2. The highest BCUT2D eigenvalue weighted by molar-refractivity contribution is 7.47. The fourth-order valence-electron chi connectivity index (χ4n) is 8.38. The lowest BCUT2D eigenvalue weighted by atomic mass is 9.88. The second-order valence-corrected chi connectivity index (χ2v) is 19.6. The van der Waals surface area contributed by atoms with E-state index in [4.69, 9.17) is 18.5 Å². The Morgan fingerprint density at radius 1 is 0.594 bits per heavy atom. The van der Waals surface area contributed by atoms with Gasteiger partial charge in [-0.1, -0.05) is 123 Å². The molecule has 2 atom stereocenters. The van der Waals surface area contributed by atoms with Gasteiger partial charge in [0.25, 0.3) is 0 Å². The van der Waals surface area contributed by atoms with Crippen LogP contribution in [0.3, 0.4) is 0 Å². The quantitative estimate of drug-likeness (QED) is 0.0229. The number of nitrogens with zero attached hydrogens (tertiary/aromatic N) is 3. The highest BCUT2D eigenvalue weighted by Gasteiger charge is 2.43. The van der Waals surface area contributed by atoms with E-state index in [0.717, 1.165) is 44.9 Å². The van der Waals surface area contributed by atoms with Gasteiger partial charge in [0.05, 0.1) is 39.4 Å². The van der Waals surface area contributed by atoms with Crippen LogP contribution < -0.4 is 5.32 Å². The number of esters is 2. The summed E-state index contributed by atoms with van der Waals surface area (Å²) in [5, 5.41) is 41.0. The molecule has 0 aliphatic carbocycles. The average Bonchev–Trinajstić information content (AvgIpc) is 3.44. The number of unbranched alkanes of at least 4 members (excludes halogenated alkanes) is 17. The molecule has 0 spiro atoms. The number of ether oxygens (including phenoxy) is 2. The lowest BCUT2D eigenvalue weighted by Crippen LogP contribution is -2.62. The number of phosphoric acid groups is 1. The Bertz CT molecular complexity index is 1510. The second kappa shape index (κ2) is 38.0. The van der Waals surface area contributed by atoms with Crippen LogP contribution >= 0.6 is 7.82 Å². The van der Waals surface area contributed by atoms with E-state index in [1.54, 1.807) is 0 Å². The zero-order valence-corrected chi connectivity index (χ0v) is 42.4. The molecule has 22 heteroatoms. The van der Waals surface area contributed by atoms with Gasteiger partial charge in [0.1, 0.15) is 6.61 Å². The Morgan fingerprint density at radius 3 is 1.51 bits per heavy atom. The second-order valence-electron chi connectivity index (χ2n) is 18.2. The number of rotatable bonds is 44. The molecule has 1 saturated heterocycles. The smallest absolute Gasteiger partial charge is 0.472 e. The van der Waals surface area contributed by atoms with Gasteiger partial charge in [-0.15, -0.1) is 0 Å². The van der Waals surface area contributed by atoms with Crippen molar-refractivity contribution in [3.8, 4) is 0 Å². The molecule has 0 radical (unpaired) electrons. The third kappa shape index (κ3) is 33.5. The van der Waals surface area contributed by atoms with E-state index in [-0.39, 0.29) is 77.9 Å². The number of carbonyl (C=O) groups excluding carboxylic acids is 3. The predicted molar refractivity (Wildman–Crippen MR) is 255 cm³/mol. The van der Waals surface area contributed by atoms with E-state index in [2.05, 4.69) is 19.2 Å². The number of nitrogens with one attached hydrogen (secondary N) is 1. The van der Waals surface area contributed by atoms with E-state index in [1.165, 1.54) is 72.5 Å². The minimum absolute atomic E-state index is 0.0666. The third-order valence-corrected chi connectivity index (χ3v) is 12.9. The van der Waals surface area contributed by atoms with Crippen molar-refractivity contribution in [3.63, 3.8) is 0 Å². The van der Waals surface area contributed by atoms with Crippen LogP contribution in [0.2, 0.25) is 0 Å². The van der Waals surface area contributed by atoms with Crippen LogP contribution in [0, 0.1) is 0 Å². The van der Waals surface area contributed by atoms with Crippen molar-refractivity contribution < 1.29 is 82.0 Å². The van der Waals surface area contributed by atoms with Crippen LogP contribution in [-0.2, 0) is 56.6 Å². The monoisotopic (exact) mass is 1010 g/mol. The standard InChI is InChI=1S/C47H85N4O17P/c1-3-5-7-9-11-13-15-17-19-24-45(61)65-35-39(68-46(62)25-20-18-16-14-12-10-8-6-4-2)36-67-69(63,64)66-30-27-48-40(52)23-21-22-26-47(51(33-43(57)58)34-44(59)60)37-49(31-41(53)54)28-29-50(38-47)32-42(55)56/h39H,3-38H2,1-2H3,(H,48,52)(H,53,54)(H,55,56)(H,57,58)(H,59,60)(H,63,64). The maximum Gasteiger partial charge on any atom is 0.472 e. The fourth-order valence-corrected chi connectivity index (χ4v) is 9.13. The maximum atomic E-state index is 12.8. The molecule has 0 aromatic carbocycles. The molecular weight excluding hydrogens is 924 g/mol. The van der Waals surface area contributed by atoms with E-state index in [0.29, 0.717) is 12.8 Å². The van der Waals surface area contributed by atoms with Crippen LogP contribution in [0.4, 0.5) is 0 Å². The number of hydrogen-bond donors (Lipinski definition) is 6. The molecule has 1 aliphatic rings. The molecule has 1 aliphatic heterocycles. The van der Waals surface area contributed by atoms with Crippen LogP contribution in [0.5, 0.6) is 0 Å². The lowest BCUT2D eigenvalue weighted by molar-refractivity contribution is -0.161. The predicted octanol–water partition coefficient (Wildman–Crippen LogP) is 6.09. The van der Waals surface area contributed by atoms with Gasteiger partial charge in [-0.2, -0.15) is 0 Å². The van der Waals surface area contributed by atoms with E-state index in [1.807, 2.05) is 0 Å². The first-order chi connectivity index (χ1) is 32.9. The summed E-state index contributed by atoms with van der Waals surface area (Å²) < 4.78 is 33.9. The number of carboxylic acid groups (broad SMARTS) is 4. The molecule has 0 aromatic heterocycles. The van der Waals surface area contributed by atoms with Crippen LogP contribution in [0.1, 0.15) is 168 Å². The number of aliphatic carboxylic acids is 4. The van der Waals surface area contributed by atoms with Crippen LogP contribution in [0.25, 0.3) is 0 Å². The molecule has 0 bridgehead atoms. The van der Waals surface area contributed by atoms with Crippen molar-refractivity contribution in [1.29, 1.82) is 0 Å².